The summed E-state index contributed by atoms with van der Waals surface area (Å²) in [5, 5.41) is 2.74. The Morgan fingerprint density at radius 1 is 1.04 bits per heavy atom. The number of likely N-dealkylation sites (tertiary alicyclic amines) is 1. The lowest BCUT2D eigenvalue weighted by Crippen LogP contribution is -2.46. The Labute approximate surface area is 154 Å². The number of carbonyl (C=O) groups is 2. The number of hydrogen-bond donors (Lipinski definition) is 1. The molecule has 1 unspecified atom stereocenters. The van der Waals surface area contributed by atoms with E-state index in [0.717, 1.165) is 25.9 Å². The Hall–Kier alpha value is -1.93. The zero-order valence-electron chi connectivity index (χ0n) is 14.8. The summed E-state index contributed by atoms with van der Waals surface area (Å²) in [7, 11) is -3.69. The largest absolute Gasteiger partial charge is 0.354 e. The van der Waals surface area contributed by atoms with Crippen molar-refractivity contribution in [2.24, 2.45) is 0 Å². The van der Waals surface area contributed by atoms with Gasteiger partial charge in [-0.2, -0.15) is 4.31 Å². The highest BCUT2D eigenvalue weighted by molar-refractivity contribution is 7.89. The van der Waals surface area contributed by atoms with Crippen molar-refractivity contribution in [1.29, 1.82) is 0 Å². The molecule has 2 fully saturated rings. The Bertz CT molecular complexity index is 745. The van der Waals surface area contributed by atoms with Gasteiger partial charge in [0.2, 0.25) is 21.8 Å². The first-order chi connectivity index (χ1) is 12.5. The fourth-order valence-electron chi connectivity index (χ4n) is 3.55. The van der Waals surface area contributed by atoms with Crippen LogP contribution < -0.4 is 5.32 Å². The van der Waals surface area contributed by atoms with Crippen molar-refractivity contribution in [3.63, 3.8) is 0 Å². The van der Waals surface area contributed by atoms with E-state index < -0.39 is 16.1 Å². The number of benzene rings is 1. The molecule has 0 spiro atoms. The normalized spacial score (nSPS) is 21.1. The lowest BCUT2D eigenvalue weighted by atomic mass is 10.2. The fraction of sp³-hybridized carbons (Fsp3) is 0.556. The summed E-state index contributed by atoms with van der Waals surface area (Å²) < 4.78 is 26.9. The second kappa shape index (κ2) is 8.18. The highest BCUT2D eigenvalue weighted by Gasteiger charge is 2.39. The summed E-state index contributed by atoms with van der Waals surface area (Å²) in [6.45, 7) is 2.16. The van der Waals surface area contributed by atoms with E-state index in [1.165, 1.54) is 16.4 Å². The van der Waals surface area contributed by atoms with Gasteiger partial charge in [0.1, 0.15) is 6.04 Å². The van der Waals surface area contributed by atoms with Crippen molar-refractivity contribution in [3.8, 4) is 0 Å². The number of rotatable bonds is 6. The molecule has 0 radical (unpaired) electrons. The van der Waals surface area contributed by atoms with Crippen LogP contribution in [0.4, 0.5) is 0 Å². The molecule has 1 N–H and O–H groups in total. The highest BCUT2D eigenvalue weighted by Crippen LogP contribution is 2.26. The molecule has 26 heavy (non-hydrogen) atoms. The van der Waals surface area contributed by atoms with Crippen molar-refractivity contribution in [2.75, 3.05) is 26.2 Å². The van der Waals surface area contributed by atoms with Crippen molar-refractivity contribution < 1.29 is 18.0 Å². The third-order valence-corrected chi connectivity index (χ3v) is 6.88. The van der Waals surface area contributed by atoms with Gasteiger partial charge >= 0.3 is 0 Å². The molecule has 0 aliphatic carbocycles. The Kier molecular flexibility index (Phi) is 5.93. The summed E-state index contributed by atoms with van der Waals surface area (Å²) in [6, 6.07) is 7.46. The van der Waals surface area contributed by atoms with Crippen LogP contribution in [0.15, 0.2) is 35.2 Å². The van der Waals surface area contributed by atoms with E-state index in [-0.39, 0.29) is 29.7 Å². The van der Waals surface area contributed by atoms with Crippen molar-refractivity contribution in [1.82, 2.24) is 14.5 Å². The number of hydrogen-bond acceptors (Lipinski definition) is 4. The minimum atomic E-state index is -3.69. The van der Waals surface area contributed by atoms with E-state index >= 15 is 0 Å². The standard InChI is InChI=1S/C18H25N3O4S/c22-17(20-12-4-5-13-20)10-11-19-18(23)16-9-6-14-21(16)26(24,25)15-7-2-1-3-8-15/h1-3,7-8,16H,4-6,9-14H2,(H,19,23). The number of sulfonamides is 1. The molecule has 2 amide bonds. The van der Waals surface area contributed by atoms with E-state index in [1.807, 2.05) is 4.90 Å². The third kappa shape index (κ3) is 4.07. The summed E-state index contributed by atoms with van der Waals surface area (Å²) in [4.78, 5) is 26.5. The van der Waals surface area contributed by atoms with Gasteiger partial charge in [-0.3, -0.25) is 9.59 Å². The lowest BCUT2D eigenvalue weighted by Gasteiger charge is -2.23. The summed E-state index contributed by atoms with van der Waals surface area (Å²) in [5.74, 6) is -0.279. The molecule has 2 heterocycles. The molecule has 8 heteroatoms. The Balaban J connectivity index is 1.57. The minimum absolute atomic E-state index is 0.0444. The predicted octanol–water partition coefficient (Wildman–Crippen LogP) is 0.968. The van der Waals surface area contributed by atoms with Crippen LogP contribution in [-0.4, -0.2) is 61.7 Å². The zero-order valence-corrected chi connectivity index (χ0v) is 15.6. The van der Waals surface area contributed by atoms with Gasteiger partial charge in [0.25, 0.3) is 0 Å². The Morgan fingerprint density at radius 3 is 2.42 bits per heavy atom. The number of carbonyl (C=O) groups excluding carboxylic acids is 2. The highest BCUT2D eigenvalue weighted by atomic mass is 32.2. The molecule has 0 bridgehead atoms. The smallest absolute Gasteiger partial charge is 0.243 e. The average Bonchev–Trinajstić information content (AvgIpc) is 3.34. The Morgan fingerprint density at radius 2 is 1.73 bits per heavy atom. The number of nitrogens with zero attached hydrogens (tertiary/aromatic N) is 2. The van der Waals surface area contributed by atoms with E-state index in [0.29, 0.717) is 19.4 Å². The first kappa shape index (κ1) is 18.8. The minimum Gasteiger partial charge on any atom is -0.354 e. The molecule has 1 atom stereocenters. The van der Waals surface area contributed by atoms with Crippen LogP contribution in [0.3, 0.4) is 0 Å². The van der Waals surface area contributed by atoms with Crippen LogP contribution in [0.2, 0.25) is 0 Å². The van der Waals surface area contributed by atoms with Crippen molar-refractivity contribution in [2.45, 2.75) is 43.0 Å². The van der Waals surface area contributed by atoms with E-state index in [1.54, 1.807) is 18.2 Å². The average molecular weight is 379 g/mol. The van der Waals surface area contributed by atoms with Crippen LogP contribution in [0.5, 0.6) is 0 Å². The molecule has 142 valence electrons. The third-order valence-electron chi connectivity index (χ3n) is 4.95. The van der Waals surface area contributed by atoms with E-state index in [2.05, 4.69) is 5.32 Å². The maximum absolute atomic E-state index is 12.8. The van der Waals surface area contributed by atoms with Gasteiger partial charge in [-0.1, -0.05) is 18.2 Å². The van der Waals surface area contributed by atoms with Gasteiger partial charge in [-0.25, -0.2) is 8.42 Å². The first-order valence-corrected chi connectivity index (χ1v) is 10.6. The van der Waals surface area contributed by atoms with Gasteiger partial charge in [0.05, 0.1) is 4.90 Å². The number of nitrogens with one attached hydrogen (secondary N) is 1. The zero-order chi connectivity index (χ0) is 18.6. The van der Waals surface area contributed by atoms with Crippen LogP contribution in [0.25, 0.3) is 0 Å². The van der Waals surface area contributed by atoms with Gasteiger partial charge in [0.15, 0.2) is 0 Å². The molecule has 7 nitrogen and oxygen atoms in total. The molecule has 1 aromatic carbocycles. The summed E-state index contributed by atoms with van der Waals surface area (Å²) in [5.41, 5.74) is 0. The van der Waals surface area contributed by atoms with Gasteiger partial charge in [-0.15, -0.1) is 0 Å². The second-order valence-corrected chi connectivity index (χ2v) is 8.61. The molecule has 2 saturated heterocycles. The van der Waals surface area contributed by atoms with Gasteiger partial charge in [0, 0.05) is 32.6 Å². The van der Waals surface area contributed by atoms with Gasteiger partial charge < -0.3 is 10.2 Å². The summed E-state index contributed by atoms with van der Waals surface area (Å²) >= 11 is 0. The molecule has 2 aliphatic rings. The molecule has 1 aromatic rings. The molecule has 2 aliphatic heterocycles. The van der Waals surface area contributed by atoms with Gasteiger partial charge in [-0.05, 0) is 37.8 Å². The van der Waals surface area contributed by atoms with Crippen LogP contribution >= 0.6 is 0 Å². The second-order valence-electron chi connectivity index (χ2n) is 6.72. The van der Waals surface area contributed by atoms with Crippen LogP contribution in [-0.2, 0) is 19.6 Å². The van der Waals surface area contributed by atoms with E-state index in [4.69, 9.17) is 0 Å². The fourth-order valence-corrected chi connectivity index (χ4v) is 5.23. The van der Waals surface area contributed by atoms with Crippen LogP contribution in [0, 0.1) is 0 Å². The monoisotopic (exact) mass is 379 g/mol. The molecular formula is C18H25N3O4S. The van der Waals surface area contributed by atoms with Crippen molar-refractivity contribution in [3.05, 3.63) is 30.3 Å². The topological polar surface area (TPSA) is 86.8 Å². The number of amides is 2. The maximum atomic E-state index is 12.8. The van der Waals surface area contributed by atoms with Crippen LogP contribution in [0.1, 0.15) is 32.1 Å². The molecule has 0 aromatic heterocycles. The van der Waals surface area contributed by atoms with E-state index in [9.17, 15) is 18.0 Å². The molecular weight excluding hydrogens is 354 g/mol. The lowest BCUT2D eigenvalue weighted by molar-refractivity contribution is -0.130. The molecule has 0 saturated carbocycles. The summed E-state index contributed by atoms with van der Waals surface area (Å²) in [6.07, 6.45) is 3.47. The molecule has 3 rings (SSSR count). The first-order valence-electron chi connectivity index (χ1n) is 9.12. The maximum Gasteiger partial charge on any atom is 0.243 e. The van der Waals surface area contributed by atoms with Crippen molar-refractivity contribution >= 4 is 21.8 Å². The predicted molar refractivity (Wildman–Crippen MR) is 96.8 cm³/mol. The quantitative estimate of drug-likeness (QED) is 0.798. The SMILES string of the molecule is O=C(NCCC(=O)N1CCCC1)C1CCCN1S(=O)(=O)c1ccccc1.